The number of nitrogen functional groups attached to an aromatic ring is 1. The van der Waals surface area contributed by atoms with Gasteiger partial charge in [-0.3, -0.25) is 0 Å². The second-order valence-electron chi connectivity index (χ2n) is 3.07. The summed E-state index contributed by atoms with van der Waals surface area (Å²) in [6.45, 7) is 3.09. The van der Waals surface area contributed by atoms with Crippen molar-refractivity contribution in [3.8, 4) is 0 Å². The number of ether oxygens (including phenoxy) is 1. The first-order valence-corrected chi connectivity index (χ1v) is 4.12. The van der Waals surface area contributed by atoms with Crippen LogP contribution in [0, 0.1) is 19.7 Å². The van der Waals surface area contributed by atoms with Crippen LogP contribution in [0.1, 0.15) is 21.5 Å². The van der Waals surface area contributed by atoms with Crippen LogP contribution in [0.2, 0.25) is 0 Å². The summed E-state index contributed by atoms with van der Waals surface area (Å²) in [6, 6.07) is 1.43. The zero-order valence-electron chi connectivity index (χ0n) is 8.35. The summed E-state index contributed by atoms with van der Waals surface area (Å²) in [6.07, 6.45) is 0. The molecule has 0 amide bonds. The van der Waals surface area contributed by atoms with Crippen molar-refractivity contribution in [2.75, 3.05) is 12.8 Å². The van der Waals surface area contributed by atoms with Gasteiger partial charge in [0.1, 0.15) is 5.82 Å². The average Bonchev–Trinajstić information content (AvgIpc) is 2.19. The molecular formula is C10H12FNO2. The fraction of sp³-hybridized carbons (Fsp3) is 0.300. The maximum atomic E-state index is 13.5. The number of anilines is 1. The number of halogens is 1. The van der Waals surface area contributed by atoms with Gasteiger partial charge >= 0.3 is 5.97 Å². The van der Waals surface area contributed by atoms with Crippen LogP contribution in [0.4, 0.5) is 10.1 Å². The third-order valence-electron chi connectivity index (χ3n) is 2.20. The van der Waals surface area contributed by atoms with Gasteiger partial charge in [-0.1, -0.05) is 0 Å². The normalized spacial score (nSPS) is 10.0. The number of carbonyl (C=O) groups excluding carboxylic acids is 1. The Morgan fingerprint density at radius 2 is 2.00 bits per heavy atom. The van der Waals surface area contributed by atoms with Gasteiger partial charge in [-0.15, -0.1) is 0 Å². The molecule has 0 spiro atoms. The molecule has 0 radical (unpaired) electrons. The number of nitrogens with two attached hydrogens (primary N) is 1. The summed E-state index contributed by atoms with van der Waals surface area (Å²) < 4.78 is 18.0. The molecule has 0 unspecified atom stereocenters. The number of methoxy groups -OCH3 is 1. The van der Waals surface area contributed by atoms with Gasteiger partial charge in [0.2, 0.25) is 0 Å². The summed E-state index contributed by atoms with van der Waals surface area (Å²) in [5.41, 5.74) is 6.59. The maximum absolute atomic E-state index is 13.5. The van der Waals surface area contributed by atoms with Crippen LogP contribution >= 0.6 is 0 Å². The summed E-state index contributed by atoms with van der Waals surface area (Å²) in [5.74, 6) is -1.03. The van der Waals surface area contributed by atoms with Crippen LogP contribution < -0.4 is 5.73 Å². The highest BCUT2D eigenvalue weighted by Crippen LogP contribution is 2.22. The van der Waals surface area contributed by atoms with Crippen molar-refractivity contribution in [2.45, 2.75) is 13.8 Å². The first-order valence-electron chi connectivity index (χ1n) is 4.12. The summed E-state index contributed by atoms with van der Waals surface area (Å²) >= 11 is 0. The lowest BCUT2D eigenvalue weighted by Crippen LogP contribution is -2.08. The quantitative estimate of drug-likeness (QED) is 0.551. The molecule has 0 heterocycles. The molecule has 1 aromatic carbocycles. The average molecular weight is 197 g/mol. The maximum Gasteiger partial charge on any atom is 0.338 e. The van der Waals surface area contributed by atoms with Gasteiger partial charge in [0.15, 0.2) is 0 Å². The lowest BCUT2D eigenvalue weighted by Gasteiger charge is -2.09. The van der Waals surface area contributed by atoms with Crippen molar-refractivity contribution in [2.24, 2.45) is 0 Å². The van der Waals surface area contributed by atoms with Crippen molar-refractivity contribution in [3.05, 3.63) is 28.6 Å². The van der Waals surface area contributed by atoms with E-state index in [9.17, 15) is 9.18 Å². The second-order valence-corrected chi connectivity index (χ2v) is 3.07. The molecule has 0 aliphatic rings. The Hall–Kier alpha value is -1.58. The van der Waals surface area contributed by atoms with E-state index in [0.29, 0.717) is 5.56 Å². The van der Waals surface area contributed by atoms with Crippen LogP contribution in [-0.4, -0.2) is 13.1 Å². The number of esters is 1. The van der Waals surface area contributed by atoms with Crippen LogP contribution in [0.3, 0.4) is 0 Å². The zero-order valence-corrected chi connectivity index (χ0v) is 8.35. The largest absolute Gasteiger partial charge is 0.465 e. The molecule has 14 heavy (non-hydrogen) atoms. The molecule has 1 rings (SSSR count). The van der Waals surface area contributed by atoms with Crippen molar-refractivity contribution < 1.29 is 13.9 Å². The predicted octanol–water partition coefficient (Wildman–Crippen LogP) is 1.81. The number of hydrogen-bond donors (Lipinski definition) is 1. The number of rotatable bonds is 1. The Balaban J connectivity index is 3.40. The van der Waals surface area contributed by atoms with E-state index in [4.69, 9.17) is 5.73 Å². The number of carbonyl (C=O) groups is 1. The van der Waals surface area contributed by atoms with Gasteiger partial charge < -0.3 is 10.5 Å². The van der Waals surface area contributed by atoms with Gasteiger partial charge in [0, 0.05) is 11.3 Å². The number of hydrogen-bond acceptors (Lipinski definition) is 3. The van der Waals surface area contributed by atoms with Crippen molar-refractivity contribution in [3.63, 3.8) is 0 Å². The number of benzene rings is 1. The van der Waals surface area contributed by atoms with E-state index in [0.717, 1.165) is 0 Å². The van der Waals surface area contributed by atoms with Crippen molar-refractivity contribution >= 4 is 11.7 Å². The molecule has 4 heteroatoms. The molecular weight excluding hydrogens is 185 g/mol. The lowest BCUT2D eigenvalue weighted by atomic mass is 10.0. The molecule has 0 atom stereocenters. The monoisotopic (exact) mass is 197 g/mol. The van der Waals surface area contributed by atoms with Gasteiger partial charge in [-0.25, -0.2) is 9.18 Å². The fourth-order valence-electron chi connectivity index (χ4n) is 1.22. The van der Waals surface area contributed by atoms with E-state index >= 15 is 0 Å². The van der Waals surface area contributed by atoms with E-state index in [1.807, 2.05) is 0 Å². The molecule has 76 valence electrons. The third kappa shape index (κ3) is 1.55. The standard InChI is InChI=1S/C10H12FNO2/c1-5-7(10(13)14-3)4-8(12)6(2)9(5)11/h4H,12H2,1-3H3. The molecule has 0 aliphatic carbocycles. The minimum atomic E-state index is -0.576. The smallest absolute Gasteiger partial charge is 0.338 e. The summed E-state index contributed by atoms with van der Waals surface area (Å²) in [7, 11) is 1.25. The second kappa shape index (κ2) is 3.65. The highest BCUT2D eigenvalue weighted by atomic mass is 19.1. The Kier molecular flexibility index (Phi) is 2.74. The van der Waals surface area contributed by atoms with Gasteiger partial charge in [0.25, 0.3) is 0 Å². The summed E-state index contributed by atoms with van der Waals surface area (Å²) in [4.78, 5) is 11.2. The molecule has 0 aromatic heterocycles. The molecule has 0 bridgehead atoms. The molecule has 0 saturated heterocycles. The van der Waals surface area contributed by atoms with Crippen LogP contribution in [0.5, 0.6) is 0 Å². The highest BCUT2D eigenvalue weighted by molar-refractivity contribution is 5.92. The first kappa shape index (κ1) is 10.5. The van der Waals surface area contributed by atoms with Crippen molar-refractivity contribution in [1.29, 1.82) is 0 Å². The molecule has 0 aliphatic heterocycles. The SMILES string of the molecule is COC(=O)c1cc(N)c(C)c(F)c1C. The van der Waals surface area contributed by atoms with E-state index < -0.39 is 11.8 Å². The van der Waals surface area contributed by atoms with Crippen molar-refractivity contribution in [1.82, 2.24) is 0 Å². The van der Waals surface area contributed by atoms with Crippen LogP contribution in [0.25, 0.3) is 0 Å². The minimum absolute atomic E-state index is 0.174. The molecule has 1 aromatic rings. The minimum Gasteiger partial charge on any atom is -0.465 e. The Bertz CT molecular complexity index is 388. The molecule has 2 N–H and O–H groups in total. The fourth-order valence-corrected chi connectivity index (χ4v) is 1.22. The summed E-state index contributed by atoms with van der Waals surface area (Å²) in [5, 5.41) is 0. The predicted molar refractivity (Wildman–Crippen MR) is 51.6 cm³/mol. The molecule has 0 fully saturated rings. The Labute approximate surface area is 81.7 Å². The lowest BCUT2D eigenvalue weighted by molar-refractivity contribution is 0.0599. The Morgan fingerprint density at radius 1 is 1.43 bits per heavy atom. The van der Waals surface area contributed by atoms with Gasteiger partial charge in [0.05, 0.1) is 12.7 Å². The van der Waals surface area contributed by atoms with E-state index in [-0.39, 0.29) is 16.8 Å². The van der Waals surface area contributed by atoms with Crippen LogP contribution in [0.15, 0.2) is 6.07 Å². The zero-order chi connectivity index (χ0) is 10.9. The first-order chi connectivity index (χ1) is 6.49. The van der Waals surface area contributed by atoms with Gasteiger partial charge in [-0.2, -0.15) is 0 Å². The van der Waals surface area contributed by atoms with E-state index in [2.05, 4.69) is 4.74 Å². The van der Waals surface area contributed by atoms with E-state index in [1.54, 1.807) is 6.92 Å². The van der Waals surface area contributed by atoms with Crippen LogP contribution in [-0.2, 0) is 4.74 Å². The highest BCUT2D eigenvalue weighted by Gasteiger charge is 2.16. The van der Waals surface area contributed by atoms with E-state index in [1.165, 1.54) is 20.1 Å². The Morgan fingerprint density at radius 3 is 2.50 bits per heavy atom. The topological polar surface area (TPSA) is 52.3 Å². The third-order valence-corrected chi connectivity index (χ3v) is 2.20. The van der Waals surface area contributed by atoms with Gasteiger partial charge in [-0.05, 0) is 25.5 Å². The molecule has 0 saturated carbocycles. The molecule has 3 nitrogen and oxygen atoms in total.